The van der Waals surface area contributed by atoms with Gasteiger partial charge in [-0.25, -0.2) is 0 Å². The van der Waals surface area contributed by atoms with E-state index in [9.17, 15) is 0 Å². The Balaban J connectivity index is 0.000000845. The Morgan fingerprint density at radius 1 is 1.38 bits per heavy atom. The smallest absolute Gasteiger partial charge is 0.119 e. The van der Waals surface area contributed by atoms with Crippen LogP contribution >= 0.6 is 0 Å². The van der Waals surface area contributed by atoms with Crippen LogP contribution in [0.25, 0.3) is 0 Å². The van der Waals surface area contributed by atoms with E-state index in [1.54, 1.807) is 0 Å². The van der Waals surface area contributed by atoms with Gasteiger partial charge in [-0.2, -0.15) is 0 Å². The van der Waals surface area contributed by atoms with Gasteiger partial charge in [-0.05, 0) is 24.3 Å². The predicted molar refractivity (Wildman–Crippen MR) is 49.7 cm³/mol. The maximum Gasteiger partial charge on any atom is 0.119 e. The normalized spacial score (nSPS) is 18.9. The molecular weight excluding hydrogens is 170 g/mol. The molecule has 1 heterocycles. The summed E-state index contributed by atoms with van der Waals surface area (Å²) in [5.41, 5.74) is 6.27. The zero-order valence-electron chi connectivity index (χ0n) is 7.19. The zero-order chi connectivity index (χ0) is 8.39. The third-order valence-electron chi connectivity index (χ3n) is 1.72. The second kappa shape index (κ2) is 4.11. The van der Waals surface area contributed by atoms with Crippen LogP contribution in [0.3, 0.4) is 0 Å². The second-order valence-corrected chi connectivity index (χ2v) is 2.84. The number of anilines is 1. The van der Waals surface area contributed by atoms with Crippen LogP contribution in [-0.2, 0) is 4.74 Å². The summed E-state index contributed by atoms with van der Waals surface area (Å²) < 4.78 is 10.4. The SMILES string of the molecule is Nc1ccc(OCC2CO2)cc1.O. The van der Waals surface area contributed by atoms with Crippen molar-refractivity contribution in [1.82, 2.24) is 0 Å². The van der Waals surface area contributed by atoms with Gasteiger partial charge in [-0.1, -0.05) is 0 Å². The molecule has 0 saturated carbocycles. The summed E-state index contributed by atoms with van der Waals surface area (Å²) in [5.74, 6) is 0.847. The van der Waals surface area contributed by atoms with E-state index in [-0.39, 0.29) is 5.48 Å². The summed E-state index contributed by atoms with van der Waals surface area (Å²) in [6, 6.07) is 7.36. The number of hydrogen-bond donors (Lipinski definition) is 1. The standard InChI is InChI=1S/C9H11NO2.H2O/c10-7-1-3-8(4-2-7)11-5-9-6-12-9;/h1-4,9H,5-6,10H2;1H2. The van der Waals surface area contributed by atoms with Crippen LogP contribution in [-0.4, -0.2) is 24.8 Å². The Labute approximate surface area is 76.6 Å². The Kier molecular flexibility index (Phi) is 3.11. The predicted octanol–water partition coefficient (Wildman–Crippen LogP) is 0.222. The highest BCUT2D eigenvalue weighted by atomic mass is 16.6. The second-order valence-electron chi connectivity index (χ2n) is 2.84. The molecule has 1 saturated heterocycles. The van der Waals surface area contributed by atoms with Crippen molar-refractivity contribution >= 4 is 5.69 Å². The van der Waals surface area contributed by atoms with Crippen LogP contribution in [0.2, 0.25) is 0 Å². The molecule has 1 fully saturated rings. The first-order chi connectivity index (χ1) is 5.84. The van der Waals surface area contributed by atoms with Gasteiger partial charge in [-0.3, -0.25) is 0 Å². The average Bonchev–Trinajstić information content (AvgIpc) is 2.87. The summed E-state index contributed by atoms with van der Waals surface area (Å²) in [6.45, 7) is 1.47. The molecule has 1 aliphatic heterocycles. The number of nitrogens with two attached hydrogens (primary N) is 1. The average molecular weight is 183 g/mol. The Morgan fingerprint density at radius 2 is 2.00 bits per heavy atom. The molecule has 4 nitrogen and oxygen atoms in total. The van der Waals surface area contributed by atoms with Gasteiger partial charge in [0.1, 0.15) is 18.5 Å². The summed E-state index contributed by atoms with van der Waals surface area (Å²) in [7, 11) is 0. The van der Waals surface area contributed by atoms with Crippen molar-refractivity contribution in [3.8, 4) is 5.75 Å². The largest absolute Gasteiger partial charge is 0.491 e. The lowest BCUT2D eigenvalue weighted by Crippen LogP contribution is -2.03. The quantitative estimate of drug-likeness (QED) is 0.537. The molecule has 1 aromatic carbocycles. The Bertz CT molecular complexity index is 256. The van der Waals surface area contributed by atoms with E-state index in [2.05, 4.69) is 0 Å². The van der Waals surface area contributed by atoms with Crippen molar-refractivity contribution < 1.29 is 14.9 Å². The monoisotopic (exact) mass is 183 g/mol. The molecule has 72 valence electrons. The van der Waals surface area contributed by atoms with Crippen LogP contribution < -0.4 is 10.5 Å². The van der Waals surface area contributed by atoms with Crippen molar-refractivity contribution in [3.05, 3.63) is 24.3 Å². The zero-order valence-corrected chi connectivity index (χ0v) is 7.19. The van der Waals surface area contributed by atoms with E-state index >= 15 is 0 Å². The number of nitrogen functional groups attached to an aromatic ring is 1. The van der Waals surface area contributed by atoms with E-state index in [4.69, 9.17) is 15.2 Å². The van der Waals surface area contributed by atoms with Crippen LogP contribution in [0, 0.1) is 0 Å². The van der Waals surface area contributed by atoms with Gasteiger partial charge in [0.15, 0.2) is 0 Å². The number of ether oxygens (including phenoxy) is 2. The Hall–Kier alpha value is -1.26. The molecule has 1 unspecified atom stereocenters. The molecule has 0 aliphatic carbocycles. The van der Waals surface area contributed by atoms with Crippen molar-refractivity contribution in [2.75, 3.05) is 18.9 Å². The highest BCUT2D eigenvalue weighted by Gasteiger charge is 2.22. The molecule has 0 bridgehead atoms. The fourth-order valence-corrected chi connectivity index (χ4v) is 0.917. The molecule has 1 aliphatic rings. The lowest BCUT2D eigenvalue weighted by Gasteiger charge is -2.03. The van der Waals surface area contributed by atoms with E-state index in [0.29, 0.717) is 12.7 Å². The number of rotatable bonds is 3. The van der Waals surface area contributed by atoms with Crippen LogP contribution in [0.5, 0.6) is 5.75 Å². The number of hydrogen-bond acceptors (Lipinski definition) is 3. The molecule has 4 N–H and O–H groups in total. The molecule has 1 aromatic rings. The minimum Gasteiger partial charge on any atom is -0.491 e. The molecule has 0 radical (unpaired) electrons. The van der Waals surface area contributed by atoms with Gasteiger partial charge in [0, 0.05) is 5.69 Å². The highest BCUT2D eigenvalue weighted by molar-refractivity contribution is 5.41. The molecule has 4 heteroatoms. The molecule has 0 spiro atoms. The Morgan fingerprint density at radius 3 is 2.54 bits per heavy atom. The van der Waals surface area contributed by atoms with Gasteiger partial charge in [0.05, 0.1) is 6.61 Å². The first-order valence-electron chi connectivity index (χ1n) is 3.94. The summed E-state index contributed by atoms with van der Waals surface area (Å²) in [4.78, 5) is 0. The summed E-state index contributed by atoms with van der Waals surface area (Å²) in [6.07, 6.45) is 0.308. The van der Waals surface area contributed by atoms with Gasteiger partial charge in [0.2, 0.25) is 0 Å². The van der Waals surface area contributed by atoms with E-state index in [1.165, 1.54) is 0 Å². The molecule has 2 rings (SSSR count). The summed E-state index contributed by atoms with van der Waals surface area (Å²) in [5, 5.41) is 0. The third kappa shape index (κ3) is 2.93. The molecule has 0 amide bonds. The van der Waals surface area contributed by atoms with Crippen LogP contribution in [0.4, 0.5) is 5.69 Å². The lowest BCUT2D eigenvalue weighted by molar-refractivity contribution is 0.263. The van der Waals surface area contributed by atoms with Gasteiger partial charge in [-0.15, -0.1) is 0 Å². The molecular formula is C9H13NO3. The maximum atomic E-state index is 5.51. The van der Waals surface area contributed by atoms with Crippen LogP contribution in [0.1, 0.15) is 0 Å². The fourth-order valence-electron chi connectivity index (χ4n) is 0.917. The maximum absolute atomic E-state index is 5.51. The van der Waals surface area contributed by atoms with Crippen molar-refractivity contribution in [2.45, 2.75) is 6.10 Å². The van der Waals surface area contributed by atoms with E-state index in [0.717, 1.165) is 18.0 Å². The topological polar surface area (TPSA) is 79.3 Å². The summed E-state index contributed by atoms with van der Waals surface area (Å²) >= 11 is 0. The van der Waals surface area contributed by atoms with Crippen molar-refractivity contribution in [2.24, 2.45) is 0 Å². The molecule has 13 heavy (non-hydrogen) atoms. The van der Waals surface area contributed by atoms with E-state index in [1.807, 2.05) is 24.3 Å². The third-order valence-corrected chi connectivity index (χ3v) is 1.72. The van der Waals surface area contributed by atoms with Gasteiger partial charge < -0.3 is 20.7 Å². The minimum absolute atomic E-state index is 0. The molecule has 0 aromatic heterocycles. The van der Waals surface area contributed by atoms with Crippen molar-refractivity contribution in [3.63, 3.8) is 0 Å². The first kappa shape index (κ1) is 9.83. The van der Waals surface area contributed by atoms with Crippen LogP contribution in [0.15, 0.2) is 24.3 Å². The number of epoxide rings is 1. The fraction of sp³-hybridized carbons (Fsp3) is 0.333. The first-order valence-corrected chi connectivity index (χ1v) is 3.94. The van der Waals surface area contributed by atoms with Gasteiger partial charge >= 0.3 is 0 Å². The minimum atomic E-state index is 0. The molecule has 1 atom stereocenters. The number of benzene rings is 1. The van der Waals surface area contributed by atoms with Gasteiger partial charge in [0.25, 0.3) is 0 Å². The van der Waals surface area contributed by atoms with E-state index < -0.39 is 0 Å². The van der Waals surface area contributed by atoms with Crippen molar-refractivity contribution in [1.29, 1.82) is 0 Å². The lowest BCUT2D eigenvalue weighted by atomic mass is 10.3. The highest BCUT2D eigenvalue weighted by Crippen LogP contribution is 2.16.